The first-order valence-corrected chi connectivity index (χ1v) is 9.65. The largest absolute Gasteiger partial charge is 0.493 e. The third-order valence-corrected chi connectivity index (χ3v) is 5.35. The molecule has 0 unspecified atom stereocenters. The minimum atomic E-state index is -0.304. The Balaban J connectivity index is 1.74. The van der Waals surface area contributed by atoms with Crippen LogP contribution in [-0.4, -0.2) is 38.1 Å². The van der Waals surface area contributed by atoms with Gasteiger partial charge in [-0.15, -0.1) is 0 Å². The minimum Gasteiger partial charge on any atom is -0.493 e. The lowest BCUT2D eigenvalue weighted by Gasteiger charge is -2.25. The average molecular weight is 392 g/mol. The van der Waals surface area contributed by atoms with Crippen molar-refractivity contribution < 1.29 is 14.3 Å². The van der Waals surface area contributed by atoms with E-state index in [0.29, 0.717) is 18.0 Å². The minimum absolute atomic E-state index is 0.0398. The molecule has 1 N–H and O–H groups in total. The van der Waals surface area contributed by atoms with Gasteiger partial charge in [-0.3, -0.25) is 9.69 Å². The summed E-state index contributed by atoms with van der Waals surface area (Å²) in [6.07, 6.45) is 0. The van der Waals surface area contributed by atoms with Gasteiger partial charge in [-0.25, -0.2) is 0 Å². The van der Waals surface area contributed by atoms with Crippen molar-refractivity contribution in [1.29, 1.82) is 0 Å². The number of rotatable bonds is 7. The molecule has 0 aliphatic carbocycles. The molecule has 1 atom stereocenters. The normalized spacial score (nSPS) is 12.1. The number of carbonyl (C=O) groups excluding carboxylic acids is 1. The van der Waals surface area contributed by atoms with Gasteiger partial charge < -0.3 is 14.8 Å². The number of methoxy groups -OCH3 is 2. The summed E-state index contributed by atoms with van der Waals surface area (Å²) in [6, 6.07) is 17.6. The van der Waals surface area contributed by atoms with Crippen LogP contribution in [-0.2, 0) is 11.3 Å². The van der Waals surface area contributed by atoms with Gasteiger partial charge in [-0.1, -0.05) is 36.4 Å². The highest BCUT2D eigenvalue weighted by atomic mass is 16.5. The molecule has 0 aromatic heterocycles. The zero-order valence-corrected chi connectivity index (χ0v) is 17.7. The first-order valence-electron chi connectivity index (χ1n) is 9.65. The molecule has 0 saturated carbocycles. The fourth-order valence-electron chi connectivity index (χ4n) is 3.37. The number of fused-ring (bicyclic) bond motifs is 1. The SMILES string of the molecule is COc1cc(C)c(CN(C)[C@H](C)C(=O)Nc2cccc3ccccc23)cc1OC. The van der Waals surface area contributed by atoms with Crippen molar-refractivity contribution in [2.24, 2.45) is 0 Å². The van der Waals surface area contributed by atoms with Crippen LogP contribution in [0.3, 0.4) is 0 Å². The van der Waals surface area contributed by atoms with Crippen LogP contribution in [0, 0.1) is 6.92 Å². The molecule has 0 fully saturated rings. The molecule has 0 heterocycles. The van der Waals surface area contributed by atoms with Crippen molar-refractivity contribution in [1.82, 2.24) is 4.90 Å². The molecular weight excluding hydrogens is 364 g/mol. The first kappa shape index (κ1) is 20.7. The molecule has 5 nitrogen and oxygen atoms in total. The molecule has 0 bridgehead atoms. The van der Waals surface area contributed by atoms with E-state index in [0.717, 1.165) is 27.6 Å². The van der Waals surface area contributed by atoms with Gasteiger partial charge >= 0.3 is 0 Å². The number of likely N-dealkylation sites (N-methyl/N-ethyl adjacent to an activating group) is 1. The number of benzene rings is 3. The average Bonchev–Trinajstić information content (AvgIpc) is 2.74. The van der Waals surface area contributed by atoms with E-state index in [2.05, 4.69) is 5.32 Å². The summed E-state index contributed by atoms with van der Waals surface area (Å²) in [5, 5.41) is 5.22. The number of nitrogens with zero attached hydrogens (tertiary/aromatic N) is 1. The Morgan fingerprint density at radius 2 is 1.69 bits per heavy atom. The number of aryl methyl sites for hydroxylation is 1. The maximum Gasteiger partial charge on any atom is 0.241 e. The third-order valence-electron chi connectivity index (χ3n) is 5.35. The lowest BCUT2D eigenvalue weighted by molar-refractivity contribution is -0.120. The molecule has 0 radical (unpaired) electrons. The first-order chi connectivity index (χ1) is 13.9. The number of ether oxygens (including phenoxy) is 2. The fourth-order valence-corrected chi connectivity index (χ4v) is 3.37. The van der Waals surface area contributed by atoms with Crippen molar-refractivity contribution in [3.8, 4) is 11.5 Å². The van der Waals surface area contributed by atoms with Crippen LogP contribution in [0.2, 0.25) is 0 Å². The van der Waals surface area contributed by atoms with Crippen LogP contribution in [0.25, 0.3) is 10.8 Å². The summed E-state index contributed by atoms with van der Waals surface area (Å²) in [6.45, 7) is 4.57. The van der Waals surface area contributed by atoms with Crippen LogP contribution in [0.5, 0.6) is 11.5 Å². The molecule has 3 aromatic carbocycles. The molecule has 3 aromatic rings. The van der Waals surface area contributed by atoms with Crippen molar-refractivity contribution >= 4 is 22.4 Å². The van der Waals surface area contributed by atoms with Crippen LogP contribution < -0.4 is 14.8 Å². The molecule has 0 aliphatic heterocycles. The monoisotopic (exact) mass is 392 g/mol. The van der Waals surface area contributed by atoms with E-state index >= 15 is 0 Å². The molecule has 29 heavy (non-hydrogen) atoms. The van der Waals surface area contributed by atoms with Gasteiger partial charge in [0.25, 0.3) is 0 Å². The Morgan fingerprint density at radius 1 is 1.03 bits per heavy atom. The molecule has 5 heteroatoms. The zero-order chi connectivity index (χ0) is 21.0. The van der Waals surface area contributed by atoms with Gasteiger partial charge in [-0.05, 0) is 55.6 Å². The van der Waals surface area contributed by atoms with Crippen LogP contribution >= 0.6 is 0 Å². The standard InChI is InChI=1S/C24H28N2O3/c1-16-13-22(28-4)23(29-5)14-19(16)15-26(3)17(2)24(27)25-21-12-8-10-18-9-6-7-11-20(18)21/h6-14,17H,15H2,1-5H3,(H,25,27)/t17-/m1/s1. The Morgan fingerprint density at radius 3 is 2.41 bits per heavy atom. The van der Waals surface area contributed by atoms with Crippen molar-refractivity contribution in [2.45, 2.75) is 26.4 Å². The molecule has 1 amide bonds. The second-order valence-electron chi connectivity index (χ2n) is 7.24. The second kappa shape index (κ2) is 8.97. The molecule has 0 saturated heterocycles. The van der Waals surface area contributed by atoms with Crippen LogP contribution in [0.4, 0.5) is 5.69 Å². The summed E-state index contributed by atoms with van der Waals surface area (Å²) in [5.74, 6) is 1.36. The van der Waals surface area contributed by atoms with E-state index < -0.39 is 0 Å². The van der Waals surface area contributed by atoms with E-state index in [1.807, 2.05) is 80.4 Å². The Bertz CT molecular complexity index is 1010. The quantitative estimate of drug-likeness (QED) is 0.637. The van der Waals surface area contributed by atoms with Gasteiger partial charge in [0.15, 0.2) is 11.5 Å². The topological polar surface area (TPSA) is 50.8 Å². The lowest BCUT2D eigenvalue weighted by Crippen LogP contribution is -2.39. The molecule has 3 rings (SSSR count). The lowest BCUT2D eigenvalue weighted by atomic mass is 10.1. The van der Waals surface area contributed by atoms with E-state index in [1.165, 1.54) is 0 Å². The molecule has 152 valence electrons. The van der Waals surface area contributed by atoms with Gasteiger partial charge in [0.2, 0.25) is 5.91 Å². The Labute approximate surface area is 172 Å². The number of hydrogen-bond acceptors (Lipinski definition) is 4. The summed E-state index contributed by atoms with van der Waals surface area (Å²) in [7, 11) is 5.20. The van der Waals surface area contributed by atoms with E-state index in [1.54, 1.807) is 14.2 Å². The third kappa shape index (κ3) is 4.51. The van der Waals surface area contributed by atoms with Crippen LogP contribution in [0.1, 0.15) is 18.1 Å². The summed E-state index contributed by atoms with van der Waals surface area (Å²) >= 11 is 0. The van der Waals surface area contributed by atoms with E-state index in [9.17, 15) is 4.79 Å². The van der Waals surface area contributed by atoms with Gasteiger partial charge in [0, 0.05) is 17.6 Å². The van der Waals surface area contributed by atoms with Gasteiger partial charge in [0.1, 0.15) is 0 Å². The maximum atomic E-state index is 12.9. The fraction of sp³-hybridized carbons (Fsp3) is 0.292. The van der Waals surface area contributed by atoms with Gasteiger partial charge in [-0.2, -0.15) is 0 Å². The highest BCUT2D eigenvalue weighted by Crippen LogP contribution is 2.31. The summed E-state index contributed by atoms with van der Waals surface area (Å²) in [4.78, 5) is 14.9. The molecular formula is C24H28N2O3. The smallest absolute Gasteiger partial charge is 0.241 e. The Kier molecular flexibility index (Phi) is 6.39. The Hall–Kier alpha value is -3.05. The van der Waals surface area contributed by atoms with Crippen molar-refractivity contribution in [3.05, 3.63) is 65.7 Å². The maximum absolute atomic E-state index is 12.9. The van der Waals surface area contributed by atoms with E-state index in [4.69, 9.17) is 9.47 Å². The zero-order valence-electron chi connectivity index (χ0n) is 17.7. The highest BCUT2D eigenvalue weighted by molar-refractivity contribution is 6.03. The molecule has 0 spiro atoms. The predicted molar refractivity (Wildman–Crippen MR) is 118 cm³/mol. The van der Waals surface area contributed by atoms with E-state index in [-0.39, 0.29) is 11.9 Å². The predicted octanol–water partition coefficient (Wildman–Crippen LogP) is 4.62. The second-order valence-corrected chi connectivity index (χ2v) is 7.24. The molecule has 0 aliphatic rings. The highest BCUT2D eigenvalue weighted by Gasteiger charge is 2.20. The summed E-state index contributed by atoms with van der Waals surface area (Å²) < 4.78 is 10.8. The van der Waals surface area contributed by atoms with Crippen molar-refractivity contribution in [2.75, 3.05) is 26.6 Å². The van der Waals surface area contributed by atoms with Crippen LogP contribution in [0.15, 0.2) is 54.6 Å². The number of carbonyl (C=O) groups is 1. The van der Waals surface area contributed by atoms with Gasteiger partial charge in [0.05, 0.1) is 20.3 Å². The number of amides is 1. The number of anilines is 1. The summed E-state index contributed by atoms with van der Waals surface area (Å²) in [5.41, 5.74) is 3.02. The number of nitrogens with one attached hydrogen (secondary N) is 1. The number of hydrogen-bond donors (Lipinski definition) is 1. The van der Waals surface area contributed by atoms with Crippen molar-refractivity contribution in [3.63, 3.8) is 0 Å².